The van der Waals surface area contributed by atoms with Crippen molar-refractivity contribution in [1.82, 2.24) is 4.90 Å². The molecule has 110 valence electrons. The van der Waals surface area contributed by atoms with E-state index in [9.17, 15) is 4.79 Å². The van der Waals surface area contributed by atoms with E-state index in [0.29, 0.717) is 17.9 Å². The van der Waals surface area contributed by atoms with Gasteiger partial charge in [0.05, 0.1) is 23.5 Å². The molecule has 2 N–H and O–H groups in total. The predicted molar refractivity (Wildman–Crippen MR) is 81.1 cm³/mol. The van der Waals surface area contributed by atoms with E-state index in [1.165, 1.54) is 0 Å². The number of nitrogen functional groups attached to an aromatic ring is 1. The molecule has 1 aromatic rings. The van der Waals surface area contributed by atoms with Crippen LogP contribution in [0.4, 0.5) is 11.4 Å². The second-order valence-corrected chi connectivity index (χ2v) is 4.92. The number of carbonyl (C=O) groups is 1. The number of anilines is 2. The summed E-state index contributed by atoms with van der Waals surface area (Å²) in [7, 11) is 0. The first-order valence-corrected chi connectivity index (χ1v) is 7.19. The van der Waals surface area contributed by atoms with Crippen LogP contribution in [0.2, 0.25) is 0 Å². The molecule has 0 bridgehead atoms. The Hall–Kier alpha value is -1.75. The van der Waals surface area contributed by atoms with Gasteiger partial charge in [0.15, 0.2) is 0 Å². The highest BCUT2D eigenvalue weighted by Crippen LogP contribution is 2.26. The first kappa shape index (κ1) is 14.7. The van der Waals surface area contributed by atoms with Crippen LogP contribution in [0.25, 0.3) is 0 Å². The Bertz CT molecular complexity index is 468. The molecule has 0 atom stereocenters. The topological polar surface area (TPSA) is 58.8 Å². The molecule has 0 unspecified atom stereocenters. The van der Waals surface area contributed by atoms with Crippen molar-refractivity contribution >= 4 is 17.3 Å². The quantitative estimate of drug-likeness (QED) is 0.669. The summed E-state index contributed by atoms with van der Waals surface area (Å²) in [4.78, 5) is 16.4. The SMILES string of the molecule is CCOC(=O)c1ccc(N)c(N2CCN(CC)CC2)c1. The Kier molecular flexibility index (Phi) is 4.84. The number of likely N-dealkylation sites (N-methyl/N-ethyl adjacent to an activating group) is 1. The molecule has 0 aliphatic carbocycles. The van der Waals surface area contributed by atoms with Gasteiger partial charge in [-0.15, -0.1) is 0 Å². The lowest BCUT2D eigenvalue weighted by atomic mass is 10.1. The summed E-state index contributed by atoms with van der Waals surface area (Å²) in [6, 6.07) is 5.35. The molecule has 0 spiro atoms. The third-order valence-electron chi connectivity index (χ3n) is 3.70. The van der Waals surface area contributed by atoms with Crippen molar-refractivity contribution in [1.29, 1.82) is 0 Å². The number of hydrogen-bond donors (Lipinski definition) is 1. The second kappa shape index (κ2) is 6.61. The molecular weight excluding hydrogens is 254 g/mol. The van der Waals surface area contributed by atoms with Crippen LogP contribution >= 0.6 is 0 Å². The molecule has 2 rings (SSSR count). The molecule has 1 aliphatic heterocycles. The van der Waals surface area contributed by atoms with E-state index >= 15 is 0 Å². The minimum absolute atomic E-state index is 0.291. The maximum absolute atomic E-state index is 11.8. The molecule has 5 heteroatoms. The highest BCUT2D eigenvalue weighted by atomic mass is 16.5. The van der Waals surface area contributed by atoms with Gasteiger partial charge in [0.1, 0.15) is 0 Å². The maximum Gasteiger partial charge on any atom is 0.338 e. The van der Waals surface area contributed by atoms with Gasteiger partial charge >= 0.3 is 5.97 Å². The van der Waals surface area contributed by atoms with Crippen molar-refractivity contribution in [2.45, 2.75) is 13.8 Å². The van der Waals surface area contributed by atoms with Crippen molar-refractivity contribution < 1.29 is 9.53 Å². The molecule has 5 nitrogen and oxygen atoms in total. The number of nitrogens with zero attached hydrogens (tertiary/aromatic N) is 2. The molecule has 1 aliphatic rings. The zero-order valence-electron chi connectivity index (χ0n) is 12.3. The van der Waals surface area contributed by atoms with Crippen LogP contribution in [0.1, 0.15) is 24.2 Å². The normalized spacial score (nSPS) is 16.2. The minimum atomic E-state index is -0.291. The lowest BCUT2D eigenvalue weighted by Crippen LogP contribution is -2.46. The zero-order chi connectivity index (χ0) is 14.5. The Morgan fingerprint density at radius 2 is 1.95 bits per heavy atom. The summed E-state index contributed by atoms with van der Waals surface area (Å²) in [5.74, 6) is -0.291. The van der Waals surface area contributed by atoms with Gasteiger partial charge in [-0.1, -0.05) is 6.92 Å². The monoisotopic (exact) mass is 277 g/mol. The Morgan fingerprint density at radius 3 is 2.55 bits per heavy atom. The van der Waals surface area contributed by atoms with Gasteiger partial charge in [-0.2, -0.15) is 0 Å². The molecule has 1 heterocycles. The summed E-state index contributed by atoms with van der Waals surface area (Å²) < 4.78 is 5.04. The summed E-state index contributed by atoms with van der Waals surface area (Å²) in [5, 5.41) is 0. The van der Waals surface area contributed by atoms with Gasteiger partial charge < -0.3 is 20.3 Å². The number of hydrogen-bond acceptors (Lipinski definition) is 5. The number of nitrogens with two attached hydrogens (primary N) is 1. The third-order valence-corrected chi connectivity index (χ3v) is 3.70. The van der Waals surface area contributed by atoms with Crippen molar-refractivity contribution in [2.75, 3.05) is 50.0 Å². The van der Waals surface area contributed by atoms with Crippen LogP contribution in [0.5, 0.6) is 0 Å². The Balaban J connectivity index is 2.15. The average Bonchev–Trinajstić information content (AvgIpc) is 2.48. The molecule has 0 saturated carbocycles. The Labute approximate surface area is 120 Å². The fourth-order valence-electron chi connectivity index (χ4n) is 2.46. The number of piperazine rings is 1. The second-order valence-electron chi connectivity index (χ2n) is 4.92. The average molecular weight is 277 g/mol. The van der Waals surface area contributed by atoms with Crippen molar-refractivity contribution in [3.8, 4) is 0 Å². The number of rotatable bonds is 4. The molecule has 1 saturated heterocycles. The maximum atomic E-state index is 11.8. The van der Waals surface area contributed by atoms with Gasteiger partial charge in [0, 0.05) is 26.2 Å². The zero-order valence-corrected chi connectivity index (χ0v) is 12.3. The predicted octanol–water partition coefficient (Wildman–Crippen LogP) is 1.59. The van der Waals surface area contributed by atoms with Crippen LogP contribution in [0.15, 0.2) is 18.2 Å². The van der Waals surface area contributed by atoms with Crippen LogP contribution < -0.4 is 10.6 Å². The fourth-order valence-corrected chi connectivity index (χ4v) is 2.46. The standard InChI is InChI=1S/C15H23N3O2/c1-3-17-7-9-18(10-8-17)14-11-12(5-6-13(14)16)15(19)20-4-2/h5-6,11H,3-4,7-10,16H2,1-2H3. The van der Waals surface area contributed by atoms with Crippen LogP contribution in [0.3, 0.4) is 0 Å². The van der Waals surface area contributed by atoms with Gasteiger partial charge in [0.2, 0.25) is 0 Å². The number of carbonyl (C=O) groups excluding carboxylic acids is 1. The fraction of sp³-hybridized carbons (Fsp3) is 0.533. The first-order chi connectivity index (χ1) is 9.65. The van der Waals surface area contributed by atoms with Crippen LogP contribution in [-0.2, 0) is 4.74 Å². The molecule has 0 amide bonds. The molecule has 0 aromatic heterocycles. The Morgan fingerprint density at radius 1 is 1.25 bits per heavy atom. The van der Waals surface area contributed by atoms with Gasteiger partial charge in [-0.25, -0.2) is 4.79 Å². The summed E-state index contributed by atoms with van der Waals surface area (Å²) in [5.41, 5.74) is 8.27. The highest BCUT2D eigenvalue weighted by molar-refractivity contribution is 5.92. The van der Waals surface area contributed by atoms with Crippen LogP contribution in [0, 0.1) is 0 Å². The largest absolute Gasteiger partial charge is 0.462 e. The number of esters is 1. The summed E-state index contributed by atoms with van der Waals surface area (Å²) >= 11 is 0. The molecule has 1 fully saturated rings. The molecular formula is C15H23N3O2. The van der Waals surface area contributed by atoms with Gasteiger partial charge in [0.25, 0.3) is 0 Å². The van der Waals surface area contributed by atoms with E-state index < -0.39 is 0 Å². The third kappa shape index (κ3) is 3.22. The van der Waals surface area contributed by atoms with Crippen molar-refractivity contribution in [3.05, 3.63) is 23.8 Å². The lowest BCUT2D eigenvalue weighted by Gasteiger charge is -2.36. The smallest absolute Gasteiger partial charge is 0.338 e. The number of ether oxygens (including phenoxy) is 1. The minimum Gasteiger partial charge on any atom is -0.462 e. The highest BCUT2D eigenvalue weighted by Gasteiger charge is 2.19. The summed E-state index contributed by atoms with van der Waals surface area (Å²) in [6.07, 6.45) is 0. The van der Waals surface area contributed by atoms with Gasteiger partial charge in [-0.05, 0) is 31.7 Å². The van der Waals surface area contributed by atoms with E-state index in [4.69, 9.17) is 10.5 Å². The van der Waals surface area contributed by atoms with Crippen molar-refractivity contribution in [2.24, 2.45) is 0 Å². The molecule has 0 radical (unpaired) electrons. The molecule has 1 aromatic carbocycles. The van der Waals surface area contributed by atoms with E-state index in [1.807, 2.05) is 6.07 Å². The van der Waals surface area contributed by atoms with Gasteiger partial charge in [-0.3, -0.25) is 0 Å². The van der Waals surface area contributed by atoms with E-state index in [0.717, 1.165) is 38.4 Å². The van der Waals surface area contributed by atoms with E-state index in [1.54, 1.807) is 19.1 Å². The van der Waals surface area contributed by atoms with Crippen LogP contribution in [-0.4, -0.2) is 50.2 Å². The number of benzene rings is 1. The van der Waals surface area contributed by atoms with Crippen molar-refractivity contribution in [3.63, 3.8) is 0 Å². The first-order valence-electron chi connectivity index (χ1n) is 7.19. The molecule has 20 heavy (non-hydrogen) atoms. The lowest BCUT2D eigenvalue weighted by molar-refractivity contribution is 0.0526. The summed E-state index contributed by atoms with van der Waals surface area (Å²) in [6.45, 7) is 9.36. The van der Waals surface area contributed by atoms with E-state index in [-0.39, 0.29) is 5.97 Å². The van der Waals surface area contributed by atoms with E-state index in [2.05, 4.69) is 16.7 Å².